The second-order valence-corrected chi connectivity index (χ2v) is 7.36. The van der Waals surface area contributed by atoms with E-state index in [1.807, 2.05) is 6.92 Å². The van der Waals surface area contributed by atoms with Crippen LogP contribution in [-0.2, 0) is 4.79 Å². The van der Waals surface area contributed by atoms with E-state index in [1.165, 1.54) is 0 Å². The number of allylic oxidation sites excluding steroid dienone is 2. The number of aliphatic hydroxyl groups is 1. The number of hydrogen-bond donors (Lipinski definition) is 2. The molecule has 132 valence electrons. The molecule has 4 atom stereocenters. The van der Waals surface area contributed by atoms with Crippen LogP contribution in [0, 0.1) is 17.3 Å². The molecule has 1 aliphatic carbocycles. The number of hydrogen-bond acceptors (Lipinski definition) is 3. The van der Waals surface area contributed by atoms with E-state index in [4.69, 9.17) is 9.52 Å². The van der Waals surface area contributed by atoms with Crippen LogP contribution in [0.1, 0.15) is 57.6 Å². The molecule has 1 saturated carbocycles. The van der Waals surface area contributed by atoms with Gasteiger partial charge in [0.25, 0.3) is 0 Å². The van der Waals surface area contributed by atoms with Crippen LogP contribution in [0.4, 0.5) is 0 Å². The molecule has 0 aromatic carbocycles. The van der Waals surface area contributed by atoms with Crippen LogP contribution in [0.5, 0.6) is 0 Å². The molecule has 0 radical (unpaired) electrons. The smallest absolute Gasteiger partial charge is 0.303 e. The highest BCUT2D eigenvalue weighted by molar-refractivity contribution is 5.66. The lowest BCUT2D eigenvalue weighted by molar-refractivity contribution is -0.138. The summed E-state index contributed by atoms with van der Waals surface area (Å²) in [7, 11) is 0. The first-order chi connectivity index (χ1) is 11.3. The summed E-state index contributed by atoms with van der Waals surface area (Å²) in [4.78, 5) is 11.2. The fourth-order valence-corrected chi connectivity index (χ4v) is 4.34. The number of carboxylic acids is 1. The third kappa shape index (κ3) is 3.81. The molecule has 1 aromatic heterocycles. The number of furan rings is 1. The molecule has 0 spiro atoms. The normalized spacial score (nSPS) is 28.5. The Kier molecular flexibility index (Phi) is 5.70. The predicted octanol–water partition coefficient (Wildman–Crippen LogP) is 4.73. The van der Waals surface area contributed by atoms with Gasteiger partial charge in [0, 0.05) is 12.0 Å². The Morgan fingerprint density at radius 1 is 1.54 bits per heavy atom. The van der Waals surface area contributed by atoms with E-state index >= 15 is 0 Å². The Hall–Kier alpha value is -1.81. The number of aliphatic carboxylic acids is 1. The number of carbonyl (C=O) groups is 1. The van der Waals surface area contributed by atoms with Crippen molar-refractivity contribution in [2.75, 3.05) is 0 Å². The molecule has 1 heterocycles. The van der Waals surface area contributed by atoms with Gasteiger partial charge in [-0.15, -0.1) is 0 Å². The van der Waals surface area contributed by atoms with E-state index in [2.05, 4.69) is 20.1 Å². The molecule has 4 heteroatoms. The van der Waals surface area contributed by atoms with Gasteiger partial charge in [0.05, 0.1) is 18.6 Å². The number of rotatable bonds is 7. The minimum atomic E-state index is -0.790. The van der Waals surface area contributed by atoms with Gasteiger partial charge in [0.1, 0.15) is 0 Å². The van der Waals surface area contributed by atoms with Gasteiger partial charge < -0.3 is 14.6 Å². The Morgan fingerprint density at radius 3 is 2.79 bits per heavy atom. The van der Waals surface area contributed by atoms with E-state index in [9.17, 15) is 9.90 Å². The third-order valence-electron chi connectivity index (χ3n) is 5.70. The van der Waals surface area contributed by atoms with Crippen LogP contribution in [0.25, 0.3) is 0 Å². The standard InChI is InChI=1S/C20H28O4/c1-13(2)16-6-5-14(3)17(20(16,4)9-7-19(22)23)11-18(21)15-8-10-24-12-15/h8,10,12,16-18,21H,1,3,5-7,9,11H2,2,4H3,(H,22,23)/t16-,17+,18+,20-/m0/s1. The van der Waals surface area contributed by atoms with Gasteiger partial charge in [-0.1, -0.05) is 31.2 Å². The van der Waals surface area contributed by atoms with Gasteiger partial charge in [-0.05, 0) is 55.9 Å². The minimum Gasteiger partial charge on any atom is -0.481 e. The van der Waals surface area contributed by atoms with Crippen molar-refractivity contribution in [2.24, 2.45) is 17.3 Å². The second-order valence-electron chi connectivity index (χ2n) is 7.36. The summed E-state index contributed by atoms with van der Waals surface area (Å²) >= 11 is 0. The zero-order valence-electron chi connectivity index (χ0n) is 14.6. The van der Waals surface area contributed by atoms with Crippen LogP contribution in [0.3, 0.4) is 0 Å². The highest BCUT2D eigenvalue weighted by Gasteiger charge is 2.46. The Bertz CT molecular complexity index is 601. The summed E-state index contributed by atoms with van der Waals surface area (Å²) in [6, 6.07) is 1.76. The van der Waals surface area contributed by atoms with Gasteiger partial charge >= 0.3 is 5.97 Å². The molecule has 2 N–H and O–H groups in total. The fourth-order valence-electron chi connectivity index (χ4n) is 4.34. The number of aliphatic hydroxyl groups excluding tert-OH is 1. The molecule has 2 rings (SSSR count). The number of carboxylic acid groups (broad SMARTS) is 1. The summed E-state index contributed by atoms with van der Waals surface area (Å²) in [6.07, 6.45) is 5.51. The average Bonchev–Trinajstić information content (AvgIpc) is 3.03. The van der Waals surface area contributed by atoms with E-state index in [0.717, 1.165) is 29.6 Å². The molecule has 0 unspecified atom stereocenters. The monoisotopic (exact) mass is 332 g/mol. The molecule has 4 nitrogen and oxygen atoms in total. The van der Waals surface area contributed by atoms with Crippen LogP contribution in [-0.4, -0.2) is 16.2 Å². The van der Waals surface area contributed by atoms with Gasteiger partial charge in [-0.2, -0.15) is 0 Å². The Balaban J connectivity index is 2.29. The van der Waals surface area contributed by atoms with E-state index in [1.54, 1.807) is 18.6 Å². The van der Waals surface area contributed by atoms with Crippen molar-refractivity contribution in [2.45, 2.75) is 52.1 Å². The van der Waals surface area contributed by atoms with Gasteiger partial charge in [-0.3, -0.25) is 4.79 Å². The lowest BCUT2D eigenvalue weighted by Gasteiger charge is -2.50. The van der Waals surface area contributed by atoms with Crippen molar-refractivity contribution in [3.63, 3.8) is 0 Å². The van der Waals surface area contributed by atoms with Crippen molar-refractivity contribution in [3.8, 4) is 0 Å². The molecular weight excluding hydrogens is 304 g/mol. The lowest BCUT2D eigenvalue weighted by Crippen LogP contribution is -2.41. The maximum atomic E-state index is 11.2. The van der Waals surface area contributed by atoms with E-state index in [0.29, 0.717) is 12.8 Å². The minimum absolute atomic E-state index is 0.0530. The fraction of sp³-hybridized carbons (Fsp3) is 0.550. The second kappa shape index (κ2) is 7.39. The van der Waals surface area contributed by atoms with E-state index in [-0.39, 0.29) is 23.7 Å². The molecule has 0 bridgehead atoms. The average molecular weight is 332 g/mol. The molecule has 0 amide bonds. The molecule has 1 aliphatic rings. The van der Waals surface area contributed by atoms with E-state index < -0.39 is 12.1 Å². The highest BCUT2D eigenvalue weighted by atomic mass is 16.4. The molecular formula is C20H28O4. The lowest BCUT2D eigenvalue weighted by atomic mass is 9.55. The largest absolute Gasteiger partial charge is 0.481 e. The maximum Gasteiger partial charge on any atom is 0.303 e. The first-order valence-electron chi connectivity index (χ1n) is 8.50. The molecule has 0 saturated heterocycles. The van der Waals surface area contributed by atoms with Crippen molar-refractivity contribution in [1.82, 2.24) is 0 Å². The summed E-state index contributed by atoms with van der Waals surface area (Å²) < 4.78 is 5.07. The molecule has 0 aliphatic heterocycles. The third-order valence-corrected chi connectivity index (χ3v) is 5.70. The van der Waals surface area contributed by atoms with Crippen molar-refractivity contribution >= 4 is 5.97 Å². The summed E-state index contributed by atoms with van der Waals surface area (Å²) in [6.45, 7) is 12.5. The highest BCUT2D eigenvalue weighted by Crippen LogP contribution is 2.55. The summed E-state index contributed by atoms with van der Waals surface area (Å²) in [5.74, 6) is -0.497. The van der Waals surface area contributed by atoms with Gasteiger partial charge in [0.15, 0.2) is 0 Å². The SMILES string of the molecule is C=C1CC[C@@H](C(=C)C)[C@](C)(CCC(=O)O)[C@@H]1C[C@@H](O)c1ccoc1. The van der Waals surface area contributed by atoms with Crippen LogP contribution < -0.4 is 0 Å². The maximum absolute atomic E-state index is 11.2. The first-order valence-corrected chi connectivity index (χ1v) is 8.50. The zero-order chi connectivity index (χ0) is 17.9. The topological polar surface area (TPSA) is 70.7 Å². The van der Waals surface area contributed by atoms with Crippen molar-refractivity contribution in [1.29, 1.82) is 0 Å². The van der Waals surface area contributed by atoms with Gasteiger partial charge in [-0.25, -0.2) is 0 Å². The summed E-state index contributed by atoms with van der Waals surface area (Å²) in [5, 5.41) is 19.7. The van der Waals surface area contributed by atoms with Crippen molar-refractivity contribution in [3.05, 3.63) is 48.5 Å². The quantitative estimate of drug-likeness (QED) is 0.708. The molecule has 1 aromatic rings. The predicted molar refractivity (Wildman–Crippen MR) is 93.4 cm³/mol. The Morgan fingerprint density at radius 2 is 2.25 bits per heavy atom. The van der Waals surface area contributed by atoms with Crippen LogP contribution in [0.15, 0.2) is 47.3 Å². The molecule has 1 fully saturated rings. The van der Waals surface area contributed by atoms with Gasteiger partial charge in [0.2, 0.25) is 0 Å². The zero-order valence-corrected chi connectivity index (χ0v) is 14.6. The Labute approximate surface area is 143 Å². The van der Waals surface area contributed by atoms with Crippen LogP contribution >= 0.6 is 0 Å². The first kappa shape index (κ1) is 18.5. The molecule has 24 heavy (non-hydrogen) atoms. The summed E-state index contributed by atoms with van der Waals surface area (Å²) in [5.41, 5.74) is 2.67. The van der Waals surface area contributed by atoms with Crippen molar-refractivity contribution < 1.29 is 19.4 Å². The van der Waals surface area contributed by atoms with Crippen LogP contribution in [0.2, 0.25) is 0 Å².